The average molecular weight is 202 g/mol. The molecule has 0 atom stereocenters. The predicted molar refractivity (Wildman–Crippen MR) is 63.0 cm³/mol. The highest BCUT2D eigenvalue weighted by atomic mass is 15.2. The fourth-order valence-electron chi connectivity index (χ4n) is 1.45. The van der Waals surface area contributed by atoms with Crippen molar-refractivity contribution in [3.8, 4) is 0 Å². The van der Waals surface area contributed by atoms with Crippen LogP contribution in [0.5, 0.6) is 0 Å². The molecule has 2 aromatic rings. The van der Waals surface area contributed by atoms with Crippen LogP contribution in [0, 0.1) is 6.92 Å². The first-order valence-corrected chi connectivity index (χ1v) is 4.79. The summed E-state index contributed by atoms with van der Waals surface area (Å²) in [6.07, 6.45) is 0. The zero-order chi connectivity index (χ0) is 11.0. The molecule has 1 aromatic heterocycles. The van der Waals surface area contributed by atoms with Crippen LogP contribution in [0.2, 0.25) is 0 Å². The molecule has 0 saturated heterocycles. The van der Waals surface area contributed by atoms with E-state index in [1.807, 2.05) is 44.1 Å². The summed E-state index contributed by atoms with van der Waals surface area (Å²) in [7, 11) is 3.80. The highest BCUT2D eigenvalue weighted by molar-refractivity contribution is 5.89. The minimum atomic E-state index is 0.535. The summed E-state index contributed by atoms with van der Waals surface area (Å²) in [5.74, 6) is 1.18. The summed E-state index contributed by atoms with van der Waals surface area (Å²) < 4.78 is 0. The normalized spacial score (nSPS) is 10.6. The standard InChI is InChI=1S/C11H14N4/c1-7-4-5-9-8(6-7)10(12)14-11(13-9)15(2)3/h4-6H,1-3H3,(H2,12,13,14). The van der Waals surface area contributed by atoms with E-state index in [2.05, 4.69) is 9.97 Å². The number of hydrogen-bond acceptors (Lipinski definition) is 4. The molecule has 0 aliphatic heterocycles. The van der Waals surface area contributed by atoms with Gasteiger partial charge in [0, 0.05) is 19.5 Å². The summed E-state index contributed by atoms with van der Waals surface area (Å²) >= 11 is 0. The van der Waals surface area contributed by atoms with Gasteiger partial charge in [0.25, 0.3) is 0 Å². The van der Waals surface area contributed by atoms with Gasteiger partial charge < -0.3 is 10.6 Å². The van der Waals surface area contributed by atoms with Crippen LogP contribution in [0.4, 0.5) is 11.8 Å². The molecule has 4 nitrogen and oxygen atoms in total. The number of nitrogen functional groups attached to an aromatic ring is 1. The van der Waals surface area contributed by atoms with Crippen molar-refractivity contribution in [1.82, 2.24) is 9.97 Å². The molecule has 0 radical (unpaired) electrons. The average Bonchev–Trinajstić information content (AvgIpc) is 2.18. The molecule has 0 fully saturated rings. The van der Waals surface area contributed by atoms with Gasteiger partial charge in [-0.1, -0.05) is 11.6 Å². The van der Waals surface area contributed by atoms with E-state index >= 15 is 0 Å². The van der Waals surface area contributed by atoms with Gasteiger partial charge in [0.05, 0.1) is 5.52 Å². The van der Waals surface area contributed by atoms with Crippen LogP contribution in [-0.4, -0.2) is 24.1 Å². The highest BCUT2D eigenvalue weighted by Gasteiger charge is 2.06. The van der Waals surface area contributed by atoms with Gasteiger partial charge in [-0.25, -0.2) is 4.98 Å². The molecule has 0 saturated carbocycles. The number of nitrogens with two attached hydrogens (primary N) is 1. The van der Waals surface area contributed by atoms with Crippen molar-refractivity contribution in [2.75, 3.05) is 24.7 Å². The third kappa shape index (κ3) is 1.70. The summed E-state index contributed by atoms with van der Waals surface area (Å²) in [5, 5.41) is 0.917. The summed E-state index contributed by atoms with van der Waals surface area (Å²) in [4.78, 5) is 10.5. The van der Waals surface area contributed by atoms with Crippen molar-refractivity contribution in [3.05, 3.63) is 23.8 Å². The molecule has 1 aromatic carbocycles. The number of nitrogens with zero attached hydrogens (tertiary/aromatic N) is 3. The first kappa shape index (κ1) is 9.71. The maximum atomic E-state index is 5.89. The predicted octanol–water partition coefficient (Wildman–Crippen LogP) is 1.59. The molecule has 0 bridgehead atoms. The Bertz CT molecular complexity index is 505. The van der Waals surface area contributed by atoms with Crippen molar-refractivity contribution in [3.63, 3.8) is 0 Å². The van der Waals surface area contributed by atoms with Crippen LogP contribution < -0.4 is 10.6 Å². The molecule has 78 valence electrons. The molecule has 0 aliphatic carbocycles. The van der Waals surface area contributed by atoms with Gasteiger partial charge in [0.2, 0.25) is 5.95 Å². The number of hydrogen-bond donors (Lipinski definition) is 1. The monoisotopic (exact) mass is 202 g/mol. The molecule has 0 spiro atoms. The van der Waals surface area contributed by atoms with Crippen molar-refractivity contribution < 1.29 is 0 Å². The fourth-order valence-corrected chi connectivity index (χ4v) is 1.45. The van der Waals surface area contributed by atoms with Gasteiger partial charge in [0.1, 0.15) is 5.82 Å². The Morgan fingerprint density at radius 3 is 2.60 bits per heavy atom. The minimum Gasteiger partial charge on any atom is -0.383 e. The number of aromatic nitrogens is 2. The third-order valence-corrected chi connectivity index (χ3v) is 2.27. The van der Waals surface area contributed by atoms with Crippen LogP contribution in [-0.2, 0) is 0 Å². The fraction of sp³-hybridized carbons (Fsp3) is 0.273. The molecule has 1 heterocycles. The SMILES string of the molecule is Cc1ccc2nc(N(C)C)nc(N)c2c1. The minimum absolute atomic E-state index is 0.535. The Hall–Kier alpha value is -1.84. The molecule has 0 aliphatic rings. The number of anilines is 2. The van der Waals surface area contributed by atoms with E-state index in [0.29, 0.717) is 11.8 Å². The largest absolute Gasteiger partial charge is 0.383 e. The Morgan fingerprint density at radius 2 is 1.93 bits per heavy atom. The Morgan fingerprint density at radius 1 is 1.20 bits per heavy atom. The van der Waals surface area contributed by atoms with Gasteiger partial charge in [-0.15, -0.1) is 0 Å². The zero-order valence-corrected chi connectivity index (χ0v) is 9.15. The van der Waals surface area contributed by atoms with Gasteiger partial charge in [-0.3, -0.25) is 0 Å². The van der Waals surface area contributed by atoms with Crippen LogP contribution in [0.1, 0.15) is 5.56 Å². The second kappa shape index (κ2) is 3.38. The van der Waals surface area contributed by atoms with E-state index in [-0.39, 0.29) is 0 Å². The topological polar surface area (TPSA) is 55.0 Å². The number of fused-ring (bicyclic) bond motifs is 1. The molecule has 0 unspecified atom stereocenters. The number of benzene rings is 1. The highest BCUT2D eigenvalue weighted by Crippen LogP contribution is 2.21. The van der Waals surface area contributed by atoms with Crippen LogP contribution in [0.25, 0.3) is 10.9 Å². The smallest absolute Gasteiger partial charge is 0.227 e. The lowest BCUT2D eigenvalue weighted by atomic mass is 10.1. The zero-order valence-electron chi connectivity index (χ0n) is 9.15. The molecular weight excluding hydrogens is 188 g/mol. The Balaban J connectivity index is 2.73. The van der Waals surface area contributed by atoms with Gasteiger partial charge in [-0.2, -0.15) is 4.98 Å². The molecule has 4 heteroatoms. The lowest BCUT2D eigenvalue weighted by Gasteiger charge is -2.11. The second-order valence-electron chi connectivity index (χ2n) is 3.82. The molecule has 2 rings (SSSR count). The van der Waals surface area contributed by atoms with Crippen molar-refractivity contribution in [2.24, 2.45) is 0 Å². The third-order valence-electron chi connectivity index (χ3n) is 2.27. The van der Waals surface area contributed by atoms with E-state index in [4.69, 9.17) is 5.73 Å². The summed E-state index contributed by atoms with van der Waals surface area (Å²) in [6.45, 7) is 2.03. The maximum Gasteiger partial charge on any atom is 0.227 e. The second-order valence-corrected chi connectivity index (χ2v) is 3.82. The molecule has 15 heavy (non-hydrogen) atoms. The quantitative estimate of drug-likeness (QED) is 0.763. The molecular formula is C11H14N4. The van der Waals surface area contributed by atoms with Crippen LogP contribution in [0.3, 0.4) is 0 Å². The van der Waals surface area contributed by atoms with Gasteiger partial charge in [-0.05, 0) is 19.1 Å². The van der Waals surface area contributed by atoms with Crippen molar-refractivity contribution in [2.45, 2.75) is 6.92 Å². The van der Waals surface area contributed by atoms with Crippen molar-refractivity contribution >= 4 is 22.7 Å². The van der Waals surface area contributed by atoms with Crippen molar-refractivity contribution in [1.29, 1.82) is 0 Å². The maximum absolute atomic E-state index is 5.89. The first-order chi connectivity index (χ1) is 7.08. The first-order valence-electron chi connectivity index (χ1n) is 4.79. The molecule has 0 amide bonds. The Kier molecular flexibility index (Phi) is 2.19. The van der Waals surface area contributed by atoms with E-state index in [9.17, 15) is 0 Å². The van der Waals surface area contributed by atoms with Gasteiger partial charge >= 0.3 is 0 Å². The Labute approximate surface area is 88.7 Å². The van der Waals surface area contributed by atoms with E-state index in [1.165, 1.54) is 0 Å². The van der Waals surface area contributed by atoms with E-state index in [0.717, 1.165) is 16.5 Å². The summed E-state index contributed by atoms with van der Waals surface area (Å²) in [6, 6.07) is 5.99. The van der Waals surface area contributed by atoms with E-state index in [1.54, 1.807) is 0 Å². The lowest BCUT2D eigenvalue weighted by Crippen LogP contribution is -2.13. The number of rotatable bonds is 1. The molecule has 2 N–H and O–H groups in total. The van der Waals surface area contributed by atoms with Crippen LogP contribution >= 0.6 is 0 Å². The van der Waals surface area contributed by atoms with Gasteiger partial charge in [0.15, 0.2) is 0 Å². The number of aryl methyl sites for hydroxylation is 1. The lowest BCUT2D eigenvalue weighted by molar-refractivity contribution is 1.02. The van der Waals surface area contributed by atoms with E-state index < -0.39 is 0 Å². The van der Waals surface area contributed by atoms with Crippen LogP contribution in [0.15, 0.2) is 18.2 Å². The summed E-state index contributed by atoms with van der Waals surface area (Å²) in [5.41, 5.74) is 7.93.